The Morgan fingerprint density at radius 1 is 1.22 bits per heavy atom. The van der Waals surface area contributed by atoms with Crippen molar-refractivity contribution in [3.8, 4) is 0 Å². The Balaban J connectivity index is 2.99. The van der Waals surface area contributed by atoms with Crippen molar-refractivity contribution >= 4 is 17.3 Å². The Kier molecular flexibility index (Phi) is 5.73. The number of para-hydroxylation sites is 1. The number of anilines is 1. The molecule has 1 nitrogen and oxygen atoms in total. The molecule has 0 atom stereocenters. The van der Waals surface area contributed by atoms with E-state index in [9.17, 15) is 0 Å². The molecule has 18 heavy (non-hydrogen) atoms. The minimum Gasteiger partial charge on any atom is -0.355 e. The van der Waals surface area contributed by atoms with Crippen molar-refractivity contribution in [3.05, 3.63) is 65.4 Å². The second kappa shape index (κ2) is 7.07. The lowest BCUT2D eigenvalue weighted by Gasteiger charge is -2.12. The van der Waals surface area contributed by atoms with Gasteiger partial charge < -0.3 is 5.32 Å². The molecule has 0 heterocycles. The van der Waals surface area contributed by atoms with Gasteiger partial charge in [-0.15, -0.1) is 0 Å². The molecule has 1 aromatic rings. The maximum Gasteiger partial charge on any atom is 0.0534 e. The molecule has 0 spiro atoms. The highest BCUT2D eigenvalue weighted by Crippen LogP contribution is 2.22. The van der Waals surface area contributed by atoms with Gasteiger partial charge in [0, 0.05) is 10.7 Å². The smallest absolute Gasteiger partial charge is 0.0534 e. The zero-order chi connectivity index (χ0) is 13.5. The average molecular weight is 262 g/mol. The summed E-state index contributed by atoms with van der Waals surface area (Å²) < 4.78 is 0. The summed E-state index contributed by atoms with van der Waals surface area (Å²) in [4.78, 5) is 0. The van der Waals surface area contributed by atoms with Gasteiger partial charge in [0.1, 0.15) is 0 Å². The van der Waals surface area contributed by atoms with Crippen LogP contribution in [0.4, 0.5) is 5.69 Å². The van der Waals surface area contributed by atoms with E-state index >= 15 is 0 Å². The number of halogens is 1. The maximum atomic E-state index is 6.35. The Morgan fingerprint density at radius 2 is 1.83 bits per heavy atom. The van der Waals surface area contributed by atoms with Crippen molar-refractivity contribution < 1.29 is 0 Å². The van der Waals surface area contributed by atoms with E-state index in [0.29, 0.717) is 0 Å². The van der Waals surface area contributed by atoms with Gasteiger partial charge in [-0.25, -0.2) is 0 Å². The quantitative estimate of drug-likeness (QED) is 0.706. The molecule has 1 aromatic carbocycles. The SMILES string of the molecule is C=C(C)/C=C\C(Nc1ccccc1)=C(\Cl)C(C)C. The van der Waals surface area contributed by atoms with Crippen LogP contribution in [0.25, 0.3) is 0 Å². The third kappa shape index (κ3) is 4.80. The van der Waals surface area contributed by atoms with Crippen molar-refractivity contribution in [2.24, 2.45) is 5.92 Å². The first kappa shape index (κ1) is 14.6. The van der Waals surface area contributed by atoms with Gasteiger partial charge in [0.2, 0.25) is 0 Å². The van der Waals surface area contributed by atoms with Crippen molar-refractivity contribution in [2.45, 2.75) is 20.8 Å². The van der Waals surface area contributed by atoms with Crippen molar-refractivity contribution in [1.29, 1.82) is 0 Å². The van der Waals surface area contributed by atoms with Gasteiger partial charge in [0.25, 0.3) is 0 Å². The minimum absolute atomic E-state index is 0.285. The van der Waals surface area contributed by atoms with E-state index in [1.807, 2.05) is 49.4 Å². The zero-order valence-electron chi connectivity index (χ0n) is 11.2. The Bertz CT molecular complexity index is 455. The van der Waals surface area contributed by atoms with Gasteiger partial charge in [-0.05, 0) is 31.1 Å². The summed E-state index contributed by atoms with van der Waals surface area (Å²) >= 11 is 6.35. The summed E-state index contributed by atoms with van der Waals surface area (Å²) in [6.45, 7) is 9.96. The van der Waals surface area contributed by atoms with E-state index < -0.39 is 0 Å². The van der Waals surface area contributed by atoms with E-state index in [4.69, 9.17) is 11.6 Å². The monoisotopic (exact) mass is 261 g/mol. The third-order valence-corrected chi connectivity index (χ3v) is 2.99. The molecule has 1 rings (SSSR count). The molecule has 0 aliphatic heterocycles. The largest absolute Gasteiger partial charge is 0.355 e. The van der Waals surface area contributed by atoms with Crippen LogP contribution in [0.3, 0.4) is 0 Å². The minimum atomic E-state index is 0.285. The van der Waals surface area contributed by atoms with E-state index in [0.717, 1.165) is 22.0 Å². The molecule has 1 N–H and O–H groups in total. The molecule has 96 valence electrons. The van der Waals surface area contributed by atoms with Gasteiger partial charge in [-0.3, -0.25) is 0 Å². The molecule has 0 saturated heterocycles. The number of nitrogens with one attached hydrogen (secondary N) is 1. The fourth-order valence-electron chi connectivity index (χ4n) is 1.39. The van der Waals surface area contributed by atoms with Crippen molar-refractivity contribution in [2.75, 3.05) is 5.32 Å². The molecule has 0 aliphatic rings. The van der Waals surface area contributed by atoms with Crippen LogP contribution in [0, 0.1) is 5.92 Å². The zero-order valence-corrected chi connectivity index (χ0v) is 12.0. The van der Waals surface area contributed by atoms with E-state index in [-0.39, 0.29) is 5.92 Å². The predicted molar refractivity (Wildman–Crippen MR) is 81.7 cm³/mol. The predicted octanol–water partition coefficient (Wildman–Crippen LogP) is 5.34. The van der Waals surface area contributed by atoms with Gasteiger partial charge in [-0.2, -0.15) is 0 Å². The second-order valence-electron chi connectivity index (χ2n) is 4.59. The molecular formula is C16H20ClN. The molecule has 0 unspecified atom stereocenters. The molecule has 0 bridgehead atoms. The fraction of sp³-hybridized carbons (Fsp3) is 0.250. The van der Waals surface area contributed by atoms with Crippen LogP contribution in [-0.2, 0) is 0 Å². The van der Waals surface area contributed by atoms with Gasteiger partial charge in [0.15, 0.2) is 0 Å². The van der Waals surface area contributed by atoms with Crippen LogP contribution in [0.1, 0.15) is 20.8 Å². The number of hydrogen-bond donors (Lipinski definition) is 1. The molecule has 0 saturated carbocycles. The second-order valence-corrected chi connectivity index (χ2v) is 4.99. The van der Waals surface area contributed by atoms with Gasteiger partial charge in [-0.1, -0.05) is 61.9 Å². The number of rotatable bonds is 5. The summed E-state index contributed by atoms with van der Waals surface area (Å²) in [7, 11) is 0. The molecule has 2 heteroatoms. The standard InChI is InChI=1S/C16H20ClN/c1-12(2)10-11-15(16(17)13(3)4)18-14-8-6-5-7-9-14/h5-11,13,18H,1H2,2-4H3/b11-10-,16-15-. The molecule has 0 fully saturated rings. The van der Waals surface area contributed by atoms with Crippen LogP contribution in [0.5, 0.6) is 0 Å². The highest BCUT2D eigenvalue weighted by Gasteiger charge is 2.06. The lowest BCUT2D eigenvalue weighted by atomic mass is 10.1. The highest BCUT2D eigenvalue weighted by atomic mass is 35.5. The summed E-state index contributed by atoms with van der Waals surface area (Å²) in [5.74, 6) is 0.285. The van der Waals surface area contributed by atoms with Crippen LogP contribution in [-0.4, -0.2) is 0 Å². The van der Waals surface area contributed by atoms with E-state index in [1.165, 1.54) is 0 Å². The highest BCUT2D eigenvalue weighted by molar-refractivity contribution is 6.30. The molecule has 0 radical (unpaired) electrons. The summed E-state index contributed by atoms with van der Waals surface area (Å²) in [5.41, 5.74) is 2.94. The van der Waals surface area contributed by atoms with E-state index in [2.05, 4.69) is 25.7 Å². The van der Waals surface area contributed by atoms with Gasteiger partial charge in [0.05, 0.1) is 5.70 Å². The molecule has 0 aliphatic carbocycles. The summed E-state index contributed by atoms with van der Waals surface area (Å²) in [6, 6.07) is 10.00. The van der Waals surface area contributed by atoms with Crippen molar-refractivity contribution in [3.63, 3.8) is 0 Å². The first-order valence-electron chi connectivity index (χ1n) is 6.06. The number of allylic oxidation sites excluding steroid dienone is 4. The normalized spacial score (nSPS) is 12.7. The third-order valence-electron chi connectivity index (χ3n) is 2.35. The molecule has 0 aromatic heterocycles. The Labute approximate surface area is 115 Å². The van der Waals surface area contributed by atoms with Crippen LogP contribution >= 0.6 is 11.6 Å². The first-order chi connectivity index (χ1) is 8.50. The van der Waals surface area contributed by atoms with Crippen molar-refractivity contribution in [1.82, 2.24) is 0 Å². The van der Waals surface area contributed by atoms with Crippen LogP contribution < -0.4 is 5.32 Å². The summed E-state index contributed by atoms with van der Waals surface area (Å²) in [5, 5.41) is 4.15. The average Bonchev–Trinajstić information content (AvgIpc) is 2.34. The van der Waals surface area contributed by atoms with Crippen LogP contribution in [0.15, 0.2) is 65.4 Å². The first-order valence-corrected chi connectivity index (χ1v) is 6.44. The molecular weight excluding hydrogens is 242 g/mol. The number of hydrogen-bond acceptors (Lipinski definition) is 1. The van der Waals surface area contributed by atoms with Crippen LogP contribution in [0.2, 0.25) is 0 Å². The van der Waals surface area contributed by atoms with E-state index in [1.54, 1.807) is 0 Å². The lowest BCUT2D eigenvalue weighted by Crippen LogP contribution is -2.02. The number of benzene rings is 1. The summed E-state index contributed by atoms with van der Waals surface area (Å²) in [6.07, 6.45) is 3.92. The lowest BCUT2D eigenvalue weighted by molar-refractivity contribution is 0.806. The van der Waals surface area contributed by atoms with Gasteiger partial charge >= 0.3 is 0 Å². The Morgan fingerprint density at radius 3 is 2.33 bits per heavy atom. The maximum absolute atomic E-state index is 6.35. The topological polar surface area (TPSA) is 12.0 Å². The Hall–Kier alpha value is -1.47. The fourth-order valence-corrected chi connectivity index (χ4v) is 1.50. The molecule has 0 amide bonds.